The van der Waals surface area contributed by atoms with Crippen molar-refractivity contribution in [2.24, 2.45) is 0 Å². The molecule has 0 spiro atoms. The number of aryl methyl sites for hydroxylation is 1. The SMILES string of the molecule is Cc1nc(N(Br)C(=O)c2c(F)cccc2F)sc1-c1ccncc1. The predicted octanol–water partition coefficient (Wildman–Crippen LogP) is 4.75. The van der Waals surface area contributed by atoms with E-state index in [1.807, 2.05) is 12.1 Å². The number of amides is 1. The first-order valence-electron chi connectivity index (χ1n) is 6.81. The normalized spacial score (nSPS) is 10.7. The van der Waals surface area contributed by atoms with Gasteiger partial charge in [-0.15, -0.1) is 0 Å². The van der Waals surface area contributed by atoms with Crippen LogP contribution in [0.5, 0.6) is 0 Å². The van der Waals surface area contributed by atoms with Crippen LogP contribution in [0.2, 0.25) is 0 Å². The summed E-state index contributed by atoms with van der Waals surface area (Å²) in [5, 5.41) is 0.284. The Balaban J connectivity index is 1.97. The third kappa shape index (κ3) is 3.07. The average molecular weight is 410 g/mol. The molecule has 2 heterocycles. The first kappa shape index (κ1) is 16.7. The van der Waals surface area contributed by atoms with Gasteiger partial charge in [-0.2, -0.15) is 0 Å². The van der Waals surface area contributed by atoms with Crippen LogP contribution in [0.25, 0.3) is 10.4 Å². The van der Waals surface area contributed by atoms with Gasteiger partial charge in [-0.25, -0.2) is 17.7 Å². The number of rotatable bonds is 3. The maximum Gasteiger partial charge on any atom is 0.276 e. The van der Waals surface area contributed by atoms with E-state index in [1.165, 1.54) is 17.4 Å². The topological polar surface area (TPSA) is 46.1 Å². The van der Waals surface area contributed by atoms with Crippen LogP contribution in [0.3, 0.4) is 0 Å². The summed E-state index contributed by atoms with van der Waals surface area (Å²) in [4.78, 5) is 21.5. The summed E-state index contributed by atoms with van der Waals surface area (Å²) < 4.78 is 28.6. The number of hydrogen-bond donors (Lipinski definition) is 0. The van der Waals surface area contributed by atoms with Crippen molar-refractivity contribution in [3.63, 3.8) is 0 Å². The largest absolute Gasteiger partial charge is 0.276 e. The van der Waals surface area contributed by atoms with Crippen molar-refractivity contribution >= 4 is 38.5 Å². The van der Waals surface area contributed by atoms with Gasteiger partial charge < -0.3 is 0 Å². The zero-order valence-corrected chi connectivity index (χ0v) is 14.7. The van der Waals surface area contributed by atoms with Crippen molar-refractivity contribution in [1.82, 2.24) is 9.97 Å². The molecule has 0 unspecified atom stereocenters. The number of halogens is 3. The summed E-state index contributed by atoms with van der Waals surface area (Å²) in [7, 11) is 0. The fraction of sp³-hybridized carbons (Fsp3) is 0.0625. The molecule has 0 N–H and O–H groups in total. The van der Waals surface area contributed by atoms with Crippen LogP contribution in [0.15, 0.2) is 42.7 Å². The van der Waals surface area contributed by atoms with Gasteiger partial charge in [-0.05, 0) is 36.8 Å². The highest BCUT2D eigenvalue weighted by Gasteiger charge is 2.25. The fourth-order valence-corrected chi connectivity index (χ4v) is 3.57. The lowest BCUT2D eigenvalue weighted by Crippen LogP contribution is -2.22. The highest BCUT2D eigenvalue weighted by atomic mass is 79.9. The number of nitrogens with zero attached hydrogens (tertiary/aromatic N) is 3. The molecule has 1 aromatic carbocycles. The molecule has 0 aliphatic carbocycles. The number of hydrogen-bond acceptors (Lipinski definition) is 4. The molecular formula is C16H10BrF2N3OS. The quantitative estimate of drug-likeness (QED) is 0.586. The summed E-state index contributed by atoms with van der Waals surface area (Å²) in [6.07, 6.45) is 3.31. The second-order valence-corrected chi connectivity index (χ2v) is 6.52. The van der Waals surface area contributed by atoms with E-state index in [1.54, 1.807) is 19.3 Å². The molecule has 0 radical (unpaired) electrons. The Bertz CT molecular complexity index is 881. The zero-order valence-electron chi connectivity index (χ0n) is 12.3. The van der Waals surface area contributed by atoms with E-state index in [-0.39, 0.29) is 5.13 Å². The second-order valence-electron chi connectivity index (χ2n) is 4.83. The molecule has 8 heteroatoms. The molecule has 1 amide bonds. The highest BCUT2D eigenvalue weighted by Crippen LogP contribution is 2.36. The first-order chi connectivity index (χ1) is 11.5. The van der Waals surface area contributed by atoms with Gasteiger partial charge in [-0.1, -0.05) is 17.4 Å². The molecule has 4 nitrogen and oxygen atoms in total. The number of thiazole rings is 1. The number of aromatic nitrogens is 2. The summed E-state index contributed by atoms with van der Waals surface area (Å²) in [6, 6.07) is 6.91. The van der Waals surface area contributed by atoms with Crippen molar-refractivity contribution < 1.29 is 13.6 Å². The molecule has 0 aliphatic heterocycles. The molecule has 0 saturated heterocycles. The summed E-state index contributed by atoms with van der Waals surface area (Å²) in [6.45, 7) is 1.80. The molecule has 0 saturated carbocycles. The molecule has 2 aromatic heterocycles. The Kier molecular flexibility index (Phi) is 4.68. The maximum absolute atomic E-state index is 13.8. The van der Waals surface area contributed by atoms with Crippen LogP contribution in [0.1, 0.15) is 16.1 Å². The Morgan fingerprint density at radius 1 is 1.17 bits per heavy atom. The van der Waals surface area contributed by atoms with Crippen molar-refractivity contribution in [1.29, 1.82) is 0 Å². The fourth-order valence-electron chi connectivity index (χ4n) is 2.12. The van der Waals surface area contributed by atoms with Gasteiger partial charge >= 0.3 is 0 Å². The molecule has 0 atom stereocenters. The van der Waals surface area contributed by atoms with Crippen LogP contribution in [0.4, 0.5) is 13.9 Å². The molecule has 0 fully saturated rings. The molecule has 3 aromatic rings. The van der Waals surface area contributed by atoms with Crippen LogP contribution in [-0.4, -0.2) is 15.9 Å². The van der Waals surface area contributed by atoms with E-state index >= 15 is 0 Å². The van der Waals surface area contributed by atoms with Crippen molar-refractivity contribution in [2.45, 2.75) is 6.92 Å². The van der Waals surface area contributed by atoms with Crippen LogP contribution in [-0.2, 0) is 0 Å². The predicted molar refractivity (Wildman–Crippen MR) is 92.2 cm³/mol. The van der Waals surface area contributed by atoms with Gasteiger partial charge in [-0.3, -0.25) is 9.78 Å². The average Bonchev–Trinajstić information content (AvgIpc) is 2.96. The lowest BCUT2D eigenvalue weighted by molar-refractivity contribution is 0.100. The first-order valence-corrected chi connectivity index (χ1v) is 8.33. The smallest absolute Gasteiger partial charge is 0.267 e. The maximum atomic E-state index is 13.8. The summed E-state index contributed by atoms with van der Waals surface area (Å²) in [5.41, 5.74) is 0.969. The Morgan fingerprint density at radius 2 is 1.79 bits per heavy atom. The molecule has 0 aliphatic rings. The molecule has 24 heavy (non-hydrogen) atoms. The van der Waals surface area contributed by atoms with Crippen LogP contribution < -0.4 is 3.93 Å². The minimum Gasteiger partial charge on any atom is -0.267 e. The van der Waals surface area contributed by atoms with Gasteiger partial charge in [0.05, 0.1) is 26.7 Å². The number of pyridine rings is 1. The van der Waals surface area contributed by atoms with E-state index in [0.717, 1.165) is 26.5 Å². The van der Waals surface area contributed by atoms with E-state index in [2.05, 4.69) is 26.1 Å². The summed E-state index contributed by atoms with van der Waals surface area (Å²) >= 11 is 4.29. The third-order valence-corrected chi connectivity index (χ3v) is 5.34. The van der Waals surface area contributed by atoms with Gasteiger partial charge in [0.1, 0.15) is 17.2 Å². The van der Waals surface area contributed by atoms with Gasteiger partial charge in [0.25, 0.3) is 5.91 Å². The molecule has 0 bridgehead atoms. The van der Waals surface area contributed by atoms with Crippen LogP contribution >= 0.6 is 27.5 Å². The van der Waals surface area contributed by atoms with Crippen molar-refractivity contribution in [2.75, 3.05) is 3.93 Å². The van der Waals surface area contributed by atoms with Gasteiger partial charge in [0.2, 0.25) is 5.13 Å². The monoisotopic (exact) mass is 409 g/mol. The van der Waals surface area contributed by atoms with Gasteiger partial charge in [0, 0.05) is 12.4 Å². The lowest BCUT2D eigenvalue weighted by Gasteiger charge is -2.12. The number of benzene rings is 1. The number of carbonyl (C=O) groups is 1. The standard InChI is InChI=1S/C16H10BrF2N3OS/c1-9-14(10-5-7-20-8-6-10)24-16(21-9)22(17)15(23)13-11(18)3-2-4-12(13)19/h2-8H,1H3. The Hall–Kier alpha value is -2.19. The number of carbonyl (C=O) groups excluding carboxylic acids is 1. The van der Waals surface area contributed by atoms with E-state index < -0.39 is 23.1 Å². The van der Waals surface area contributed by atoms with Gasteiger partial charge in [0.15, 0.2) is 0 Å². The second kappa shape index (κ2) is 6.74. The van der Waals surface area contributed by atoms with Crippen LogP contribution in [0, 0.1) is 18.6 Å². The highest BCUT2D eigenvalue weighted by molar-refractivity contribution is 9.10. The van der Waals surface area contributed by atoms with Crippen molar-refractivity contribution in [3.8, 4) is 10.4 Å². The molecule has 3 rings (SSSR count). The Labute approximate surface area is 149 Å². The number of anilines is 1. The third-order valence-electron chi connectivity index (χ3n) is 3.25. The van der Waals surface area contributed by atoms with E-state index in [0.29, 0.717) is 5.69 Å². The van der Waals surface area contributed by atoms with E-state index in [4.69, 9.17) is 0 Å². The molecule has 122 valence electrons. The zero-order chi connectivity index (χ0) is 17.3. The lowest BCUT2D eigenvalue weighted by atomic mass is 10.2. The minimum absolute atomic E-state index is 0.284. The summed E-state index contributed by atoms with van der Waals surface area (Å²) in [5.74, 6) is -2.71. The Morgan fingerprint density at radius 3 is 2.42 bits per heavy atom. The minimum atomic E-state index is -0.924. The molecular weight excluding hydrogens is 400 g/mol. The van der Waals surface area contributed by atoms with Crippen molar-refractivity contribution in [3.05, 3.63) is 65.6 Å². The van der Waals surface area contributed by atoms with E-state index in [9.17, 15) is 13.6 Å².